The van der Waals surface area contributed by atoms with E-state index in [1.807, 2.05) is 29.6 Å². The molecule has 0 fully saturated rings. The number of benzene rings is 2. The third-order valence-corrected chi connectivity index (χ3v) is 5.20. The number of fused-ring (bicyclic) bond motifs is 1. The molecule has 0 spiro atoms. The second-order valence-corrected chi connectivity index (χ2v) is 7.33. The predicted octanol–water partition coefficient (Wildman–Crippen LogP) is 6.12. The van der Waals surface area contributed by atoms with Crippen LogP contribution in [0.15, 0.2) is 52.3 Å². The molecule has 5 nitrogen and oxygen atoms in total. The number of rotatable bonds is 4. The first-order valence-corrected chi connectivity index (χ1v) is 9.47. The molecule has 0 bridgehead atoms. The smallest absolute Gasteiger partial charge is 0.259 e. The van der Waals surface area contributed by atoms with Crippen molar-refractivity contribution in [3.05, 3.63) is 63.5 Å². The quantitative estimate of drug-likeness (QED) is 0.433. The highest BCUT2D eigenvalue weighted by Crippen LogP contribution is 2.32. The summed E-state index contributed by atoms with van der Waals surface area (Å²) in [6, 6.07) is 12.2. The van der Waals surface area contributed by atoms with Crippen LogP contribution in [0.25, 0.3) is 22.4 Å². The van der Waals surface area contributed by atoms with Crippen molar-refractivity contribution in [3.8, 4) is 17.2 Å². The molecule has 1 N–H and O–H groups in total. The lowest BCUT2D eigenvalue weighted by atomic mass is 10.2. The minimum absolute atomic E-state index is 0.289. The number of hydrogen-bond acceptors (Lipinski definition) is 5. The van der Waals surface area contributed by atoms with Gasteiger partial charge < -0.3 is 9.15 Å². The normalized spacial score (nSPS) is 10.9. The number of thiazole rings is 1. The van der Waals surface area contributed by atoms with E-state index in [1.54, 1.807) is 19.2 Å². The molecule has 0 saturated heterocycles. The lowest BCUT2D eigenvalue weighted by Crippen LogP contribution is -2.12. The molecule has 2 heterocycles. The van der Waals surface area contributed by atoms with E-state index in [9.17, 15) is 4.79 Å². The van der Waals surface area contributed by atoms with Gasteiger partial charge in [-0.25, -0.2) is 4.98 Å². The fourth-order valence-electron chi connectivity index (χ4n) is 2.55. The van der Waals surface area contributed by atoms with Crippen LogP contribution in [-0.2, 0) is 0 Å². The standard InChI is InChI=1S/C19H12Cl2N2O3S/c1-25-12-3-5-16-10(6-12)7-17(26-16)15-9-27-19(22-15)23-18(24)13-8-11(20)2-4-14(13)21/h2-9H,1H3,(H,22,23,24). The van der Waals surface area contributed by atoms with Crippen LogP contribution in [0.1, 0.15) is 10.4 Å². The fourth-order valence-corrected chi connectivity index (χ4v) is 3.63. The van der Waals surface area contributed by atoms with Crippen molar-refractivity contribution in [3.63, 3.8) is 0 Å². The molecule has 0 saturated carbocycles. The molecule has 4 aromatic rings. The van der Waals surface area contributed by atoms with Crippen molar-refractivity contribution < 1.29 is 13.9 Å². The number of nitrogens with zero attached hydrogens (tertiary/aromatic N) is 1. The molecular formula is C19H12Cl2N2O3S. The van der Waals surface area contributed by atoms with Crippen LogP contribution in [-0.4, -0.2) is 18.0 Å². The number of furan rings is 1. The highest BCUT2D eigenvalue weighted by Gasteiger charge is 2.15. The van der Waals surface area contributed by atoms with Gasteiger partial charge in [-0.3, -0.25) is 10.1 Å². The van der Waals surface area contributed by atoms with Crippen molar-refractivity contribution >= 4 is 56.5 Å². The van der Waals surface area contributed by atoms with Gasteiger partial charge >= 0.3 is 0 Å². The van der Waals surface area contributed by atoms with Crippen LogP contribution in [0, 0.1) is 0 Å². The van der Waals surface area contributed by atoms with Crippen molar-refractivity contribution in [2.24, 2.45) is 0 Å². The zero-order valence-corrected chi connectivity index (χ0v) is 16.3. The van der Waals surface area contributed by atoms with Crippen LogP contribution >= 0.6 is 34.5 Å². The van der Waals surface area contributed by atoms with E-state index in [-0.39, 0.29) is 11.5 Å². The Morgan fingerprint density at radius 3 is 2.85 bits per heavy atom. The van der Waals surface area contributed by atoms with Gasteiger partial charge in [0.1, 0.15) is 17.0 Å². The van der Waals surface area contributed by atoms with E-state index < -0.39 is 0 Å². The van der Waals surface area contributed by atoms with Crippen LogP contribution in [0.2, 0.25) is 10.0 Å². The Hall–Kier alpha value is -2.54. The first kappa shape index (κ1) is 17.9. The predicted molar refractivity (Wildman–Crippen MR) is 108 cm³/mol. The summed E-state index contributed by atoms with van der Waals surface area (Å²) in [6.45, 7) is 0. The minimum atomic E-state index is -0.377. The Balaban J connectivity index is 1.58. The van der Waals surface area contributed by atoms with E-state index in [0.29, 0.717) is 26.6 Å². The molecule has 1 amide bonds. The van der Waals surface area contributed by atoms with Crippen molar-refractivity contribution in [1.29, 1.82) is 0 Å². The lowest BCUT2D eigenvalue weighted by Gasteiger charge is -2.04. The summed E-state index contributed by atoms with van der Waals surface area (Å²) >= 11 is 13.3. The van der Waals surface area contributed by atoms with Crippen LogP contribution in [0.5, 0.6) is 5.75 Å². The molecule has 0 aliphatic carbocycles. The first-order chi connectivity index (χ1) is 13.0. The van der Waals surface area contributed by atoms with Crippen molar-refractivity contribution in [2.45, 2.75) is 0 Å². The van der Waals surface area contributed by atoms with Crippen molar-refractivity contribution in [2.75, 3.05) is 12.4 Å². The van der Waals surface area contributed by atoms with E-state index in [1.165, 1.54) is 17.4 Å². The SMILES string of the molecule is COc1ccc2oc(-c3csc(NC(=O)c4cc(Cl)ccc4Cl)n3)cc2c1. The highest BCUT2D eigenvalue weighted by molar-refractivity contribution is 7.14. The number of aromatic nitrogens is 1. The molecule has 0 radical (unpaired) electrons. The molecule has 4 rings (SSSR count). The Kier molecular flexibility index (Phi) is 4.78. The van der Waals surface area contributed by atoms with Gasteiger partial charge in [0.15, 0.2) is 10.9 Å². The maximum absolute atomic E-state index is 12.4. The van der Waals surface area contributed by atoms with Gasteiger partial charge in [0.05, 0.1) is 17.7 Å². The van der Waals surface area contributed by atoms with Crippen LogP contribution in [0.4, 0.5) is 5.13 Å². The van der Waals surface area contributed by atoms with Gasteiger partial charge in [-0.1, -0.05) is 23.2 Å². The maximum Gasteiger partial charge on any atom is 0.259 e. The summed E-state index contributed by atoms with van der Waals surface area (Å²) in [5.74, 6) is 0.980. The molecule has 0 unspecified atom stereocenters. The third-order valence-electron chi connectivity index (χ3n) is 3.87. The number of methoxy groups -OCH3 is 1. The fraction of sp³-hybridized carbons (Fsp3) is 0.0526. The number of ether oxygens (including phenoxy) is 1. The van der Waals surface area contributed by atoms with Gasteiger partial charge in [-0.15, -0.1) is 11.3 Å². The topological polar surface area (TPSA) is 64.4 Å². The van der Waals surface area contributed by atoms with Crippen LogP contribution < -0.4 is 10.1 Å². The maximum atomic E-state index is 12.4. The van der Waals surface area contributed by atoms with Gasteiger partial charge in [-0.2, -0.15) is 0 Å². The number of carbonyl (C=O) groups is 1. The van der Waals surface area contributed by atoms with E-state index in [4.69, 9.17) is 32.4 Å². The van der Waals surface area contributed by atoms with Gasteiger partial charge in [0, 0.05) is 15.8 Å². The second-order valence-electron chi connectivity index (χ2n) is 5.63. The number of halogens is 2. The Morgan fingerprint density at radius 2 is 2.04 bits per heavy atom. The molecule has 0 aliphatic rings. The average molecular weight is 419 g/mol. The molecular weight excluding hydrogens is 407 g/mol. The Morgan fingerprint density at radius 1 is 1.19 bits per heavy atom. The highest BCUT2D eigenvalue weighted by atomic mass is 35.5. The number of hydrogen-bond donors (Lipinski definition) is 1. The molecule has 136 valence electrons. The molecule has 0 aliphatic heterocycles. The zero-order chi connectivity index (χ0) is 19.0. The van der Waals surface area contributed by atoms with Gasteiger partial charge in [-0.05, 0) is 42.5 Å². The summed E-state index contributed by atoms with van der Waals surface area (Å²) in [5.41, 5.74) is 1.65. The Bertz CT molecular complexity index is 1150. The lowest BCUT2D eigenvalue weighted by molar-refractivity contribution is 0.102. The average Bonchev–Trinajstić information content (AvgIpc) is 3.29. The third kappa shape index (κ3) is 3.64. The van der Waals surface area contributed by atoms with Gasteiger partial charge in [0.25, 0.3) is 5.91 Å². The summed E-state index contributed by atoms with van der Waals surface area (Å²) in [4.78, 5) is 16.8. The molecule has 2 aromatic heterocycles. The summed E-state index contributed by atoms with van der Waals surface area (Å²) in [6.07, 6.45) is 0. The van der Waals surface area contributed by atoms with E-state index in [0.717, 1.165) is 16.7 Å². The number of nitrogens with one attached hydrogen (secondary N) is 1. The van der Waals surface area contributed by atoms with Crippen LogP contribution in [0.3, 0.4) is 0 Å². The number of anilines is 1. The second kappa shape index (κ2) is 7.23. The monoisotopic (exact) mass is 418 g/mol. The minimum Gasteiger partial charge on any atom is -0.497 e. The summed E-state index contributed by atoms with van der Waals surface area (Å²) < 4.78 is 11.1. The summed E-state index contributed by atoms with van der Waals surface area (Å²) in [7, 11) is 1.61. The zero-order valence-electron chi connectivity index (χ0n) is 14.0. The largest absolute Gasteiger partial charge is 0.497 e. The number of amides is 1. The van der Waals surface area contributed by atoms with E-state index >= 15 is 0 Å². The molecule has 2 aromatic carbocycles. The van der Waals surface area contributed by atoms with E-state index in [2.05, 4.69) is 10.3 Å². The molecule has 8 heteroatoms. The van der Waals surface area contributed by atoms with Gasteiger partial charge in [0.2, 0.25) is 0 Å². The molecule has 27 heavy (non-hydrogen) atoms. The number of carbonyl (C=O) groups excluding carboxylic acids is 1. The first-order valence-electron chi connectivity index (χ1n) is 7.83. The van der Waals surface area contributed by atoms with Crippen molar-refractivity contribution in [1.82, 2.24) is 4.98 Å². The Labute approximate surface area is 168 Å². The molecule has 0 atom stereocenters. The summed E-state index contributed by atoms with van der Waals surface area (Å²) in [5, 5.41) is 6.64.